The highest BCUT2D eigenvalue weighted by Gasteiger charge is 2.03. The maximum Gasteiger partial charge on any atom is 0.0639 e. The lowest BCUT2D eigenvalue weighted by Crippen LogP contribution is -1.91. The normalized spacial score (nSPS) is 11.7. The molecule has 116 valence electrons. The molecule has 0 aliphatic rings. The van der Waals surface area contributed by atoms with Gasteiger partial charge in [-0.1, -0.05) is 101 Å². The Morgan fingerprint density at radius 3 is 2.04 bits per heavy atom. The van der Waals surface area contributed by atoms with Gasteiger partial charge in [0.25, 0.3) is 0 Å². The Bertz CT molecular complexity index is 851. The van der Waals surface area contributed by atoms with Crippen molar-refractivity contribution >= 4 is 22.0 Å². The van der Waals surface area contributed by atoms with Crippen molar-refractivity contribution in [3.8, 4) is 11.8 Å². The Balaban J connectivity index is 1.88. The predicted molar refractivity (Wildman–Crippen MR) is 106 cm³/mol. The number of benzene rings is 3. The van der Waals surface area contributed by atoms with E-state index in [-0.39, 0.29) is 5.92 Å². The molecule has 0 heterocycles. The molecule has 0 N–H and O–H groups in total. The van der Waals surface area contributed by atoms with Gasteiger partial charge in [-0.15, -0.1) is 0 Å². The zero-order valence-electron chi connectivity index (χ0n) is 13.2. The van der Waals surface area contributed by atoms with Crippen molar-refractivity contribution < 1.29 is 0 Å². The summed E-state index contributed by atoms with van der Waals surface area (Å²) in [5.74, 6) is 6.73. The van der Waals surface area contributed by atoms with E-state index in [0.717, 1.165) is 10.0 Å². The highest BCUT2D eigenvalue weighted by molar-refractivity contribution is 9.10. The summed E-state index contributed by atoms with van der Waals surface area (Å²) in [6.45, 7) is 0. The van der Waals surface area contributed by atoms with Gasteiger partial charge >= 0.3 is 0 Å². The molecule has 3 rings (SSSR count). The minimum absolute atomic E-state index is 0.0649. The van der Waals surface area contributed by atoms with Gasteiger partial charge in [0.05, 0.1) is 5.92 Å². The smallest absolute Gasteiger partial charge is 0.0639 e. The second-order valence-corrected chi connectivity index (χ2v) is 6.35. The number of hydrogen-bond donors (Lipinski definition) is 0. The first-order valence-electron chi connectivity index (χ1n) is 7.86. The highest BCUT2D eigenvalue weighted by atomic mass is 79.9. The molecule has 0 fully saturated rings. The number of halogens is 1. The maximum absolute atomic E-state index is 3.47. The van der Waals surface area contributed by atoms with E-state index in [1.807, 2.05) is 48.5 Å². The van der Waals surface area contributed by atoms with Crippen molar-refractivity contribution in [1.82, 2.24) is 0 Å². The second kappa shape index (κ2) is 8.34. The van der Waals surface area contributed by atoms with E-state index in [1.165, 1.54) is 11.1 Å². The fraction of sp³-hybridized carbons (Fsp3) is 0.0435. The van der Waals surface area contributed by atoms with Crippen molar-refractivity contribution in [2.75, 3.05) is 0 Å². The third-order valence-corrected chi connectivity index (χ3v) is 4.18. The van der Waals surface area contributed by atoms with Crippen LogP contribution in [0.2, 0.25) is 0 Å². The quantitative estimate of drug-likeness (QED) is 0.473. The summed E-state index contributed by atoms with van der Waals surface area (Å²) in [4.78, 5) is 0. The van der Waals surface area contributed by atoms with Gasteiger partial charge in [0.1, 0.15) is 0 Å². The molecule has 0 amide bonds. The minimum Gasteiger partial charge on any atom is -0.0855 e. The third-order valence-electron chi connectivity index (χ3n) is 3.66. The molecular weight excluding hydrogens is 356 g/mol. The van der Waals surface area contributed by atoms with Crippen molar-refractivity contribution in [1.29, 1.82) is 0 Å². The lowest BCUT2D eigenvalue weighted by molar-refractivity contribution is 1.13. The Labute approximate surface area is 152 Å². The van der Waals surface area contributed by atoms with Crippen LogP contribution in [0.25, 0.3) is 6.08 Å². The van der Waals surface area contributed by atoms with E-state index in [4.69, 9.17) is 0 Å². The second-order valence-electron chi connectivity index (χ2n) is 5.43. The highest BCUT2D eigenvalue weighted by Crippen LogP contribution is 2.19. The monoisotopic (exact) mass is 372 g/mol. The van der Waals surface area contributed by atoms with E-state index >= 15 is 0 Å². The van der Waals surface area contributed by atoms with Gasteiger partial charge in [0.15, 0.2) is 0 Å². The van der Waals surface area contributed by atoms with Gasteiger partial charge in [-0.05, 0) is 35.4 Å². The summed E-state index contributed by atoms with van der Waals surface area (Å²) in [5.41, 5.74) is 3.41. The molecule has 3 aromatic carbocycles. The van der Waals surface area contributed by atoms with Gasteiger partial charge in [0, 0.05) is 10.0 Å². The number of rotatable bonds is 3. The fourth-order valence-corrected chi connectivity index (χ4v) is 2.63. The average Bonchev–Trinajstić information content (AvgIpc) is 2.65. The average molecular weight is 373 g/mol. The Morgan fingerprint density at radius 2 is 1.38 bits per heavy atom. The first-order valence-corrected chi connectivity index (χ1v) is 8.66. The zero-order valence-corrected chi connectivity index (χ0v) is 14.8. The lowest BCUT2D eigenvalue weighted by atomic mass is 9.98. The van der Waals surface area contributed by atoms with Crippen LogP contribution in [0, 0.1) is 11.8 Å². The van der Waals surface area contributed by atoms with Crippen LogP contribution in [0.4, 0.5) is 0 Å². The molecule has 3 aromatic rings. The molecule has 1 atom stereocenters. The summed E-state index contributed by atoms with van der Waals surface area (Å²) >= 11 is 3.47. The molecule has 0 saturated carbocycles. The zero-order chi connectivity index (χ0) is 16.6. The van der Waals surface area contributed by atoms with Crippen LogP contribution in [-0.4, -0.2) is 0 Å². The summed E-state index contributed by atoms with van der Waals surface area (Å²) in [5, 5.41) is 0. The summed E-state index contributed by atoms with van der Waals surface area (Å²) in [6.07, 6.45) is 4.29. The molecule has 0 aliphatic carbocycles. The lowest BCUT2D eigenvalue weighted by Gasteiger charge is -2.06. The largest absolute Gasteiger partial charge is 0.0855 e. The van der Waals surface area contributed by atoms with Gasteiger partial charge in [-0.2, -0.15) is 0 Å². The van der Waals surface area contributed by atoms with Gasteiger partial charge < -0.3 is 0 Å². The SMILES string of the molecule is Brc1ccc(/C=C/C(C#Cc2ccccc2)c2ccccc2)cc1. The summed E-state index contributed by atoms with van der Waals surface area (Å²) in [6, 6.07) is 28.8. The van der Waals surface area contributed by atoms with Crippen LogP contribution in [0.3, 0.4) is 0 Å². The van der Waals surface area contributed by atoms with E-state index < -0.39 is 0 Å². The summed E-state index contributed by atoms with van der Waals surface area (Å²) in [7, 11) is 0. The van der Waals surface area contributed by atoms with Crippen LogP contribution >= 0.6 is 15.9 Å². The van der Waals surface area contributed by atoms with E-state index in [0.29, 0.717) is 0 Å². The minimum atomic E-state index is 0.0649. The molecule has 1 heteroatoms. The van der Waals surface area contributed by atoms with E-state index in [2.05, 4.69) is 76.3 Å². The molecule has 0 aromatic heterocycles. The van der Waals surface area contributed by atoms with Crippen molar-refractivity contribution in [2.45, 2.75) is 5.92 Å². The molecule has 0 nitrogen and oxygen atoms in total. The van der Waals surface area contributed by atoms with Crippen molar-refractivity contribution in [2.24, 2.45) is 0 Å². The molecule has 24 heavy (non-hydrogen) atoms. The van der Waals surface area contributed by atoms with Gasteiger partial charge in [-0.25, -0.2) is 0 Å². The van der Waals surface area contributed by atoms with Gasteiger partial charge in [-0.3, -0.25) is 0 Å². The summed E-state index contributed by atoms with van der Waals surface area (Å²) < 4.78 is 1.09. The molecular formula is C23H17Br. The molecule has 0 saturated heterocycles. The number of allylic oxidation sites excluding steroid dienone is 1. The molecule has 0 bridgehead atoms. The van der Waals surface area contributed by atoms with E-state index in [1.54, 1.807) is 0 Å². The molecule has 1 unspecified atom stereocenters. The van der Waals surface area contributed by atoms with Crippen LogP contribution in [-0.2, 0) is 0 Å². The standard InChI is InChI=1S/C23H17Br/c24-23-17-13-20(14-18-23)12-16-22(21-9-5-2-6-10-21)15-11-19-7-3-1-4-8-19/h1-10,12-14,16-18,22H/b16-12+. The van der Waals surface area contributed by atoms with Crippen LogP contribution < -0.4 is 0 Å². The van der Waals surface area contributed by atoms with Crippen molar-refractivity contribution in [3.05, 3.63) is 112 Å². The predicted octanol–water partition coefficient (Wildman–Crippen LogP) is 6.30. The van der Waals surface area contributed by atoms with Crippen molar-refractivity contribution in [3.63, 3.8) is 0 Å². The first-order chi connectivity index (χ1) is 11.8. The number of hydrogen-bond acceptors (Lipinski definition) is 0. The Kier molecular flexibility index (Phi) is 5.66. The first kappa shape index (κ1) is 16.3. The van der Waals surface area contributed by atoms with Crippen LogP contribution in [0.15, 0.2) is 95.5 Å². The van der Waals surface area contributed by atoms with Gasteiger partial charge in [0.2, 0.25) is 0 Å². The molecule has 0 radical (unpaired) electrons. The Morgan fingerprint density at radius 1 is 0.750 bits per heavy atom. The van der Waals surface area contributed by atoms with Crippen LogP contribution in [0.5, 0.6) is 0 Å². The van der Waals surface area contributed by atoms with E-state index in [9.17, 15) is 0 Å². The maximum atomic E-state index is 3.47. The molecule has 0 spiro atoms. The fourth-order valence-electron chi connectivity index (χ4n) is 2.37. The Hall–Kier alpha value is -2.56. The third kappa shape index (κ3) is 4.72. The topological polar surface area (TPSA) is 0 Å². The van der Waals surface area contributed by atoms with Crippen LogP contribution in [0.1, 0.15) is 22.6 Å². The molecule has 0 aliphatic heterocycles.